The van der Waals surface area contributed by atoms with E-state index in [1.807, 2.05) is 24.3 Å². The summed E-state index contributed by atoms with van der Waals surface area (Å²) in [5.74, 6) is 1.99. The molecule has 0 spiro atoms. The molecule has 3 heteroatoms. The molecular formula is C13H19ClOS. The number of benzene rings is 1. The largest absolute Gasteiger partial charge is 0.376 e. The van der Waals surface area contributed by atoms with Crippen molar-refractivity contribution in [1.82, 2.24) is 0 Å². The smallest absolute Gasteiger partial charge is 0.0717 e. The molecule has 0 saturated heterocycles. The van der Waals surface area contributed by atoms with Gasteiger partial charge in [-0.2, -0.15) is 12.6 Å². The molecule has 0 bridgehead atoms. The molecule has 16 heavy (non-hydrogen) atoms. The summed E-state index contributed by atoms with van der Waals surface area (Å²) in [5, 5.41) is 0.760. The molecule has 0 radical (unpaired) electrons. The van der Waals surface area contributed by atoms with E-state index in [-0.39, 0.29) is 0 Å². The highest BCUT2D eigenvalue weighted by Crippen LogP contribution is 2.15. The Kier molecular flexibility index (Phi) is 6.25. The van der Waals surface area contributed by atoms with Gasteiger partial charge in [0.1, 0.15) is 0 Å². The Balaban J connectivity index is 2.35. The zero-order valence-corrected chi connectivity index (χ0v) is 11.5. The second-order valence-electron chi connectivity index (χ2n) is 4.33. The fourth-order valence-electron chi connectivity index (χ4n) is 1.41. The van der Waals surface area contributed by atoms with E-state index < -0.39 is 0 Å². The van der Waals surface area contributed by atoms with E-state index in [2.05, 4.69) is 26.5 Å². The number of ether oxygens (including phenoxy) is 1. The molecule has 0 heterocycles. The molecule has 1 rings (SSSR count). The van der Waals surface area contributed by atoms with Crippen molar-refractivity contribution in [2.24, 2.45) is 11.8 Å². The van der Waals surface area contributed by atoms with Crippen molar-refractivity contribution in [3.8, 4) is 0 Å². The summed E-state index contributed by atoms with van der Waals surface area (Å²) in [6.07, 6.45) is 0. The summed E-state index contributed by atoms with van der Waals surface area (Å²) in [5.41, 5.74) is 1.12. The molecule has 0 aliphatic carbocycles. The Hall–Kier alpha value is -0.180. The predicted molar refractivity (Wildman–Crippen MR) is 73.3 cm³/mol. The van der Waals surface area contributed by atoms with Crippen molar-refractivity contribution in [1.29, 1.82) is 0 Å². The number of hydrogen-bond donors (Lipinski definition) is 1. The molecule has 1 atom stereocenters. The van der Waals surface area contributed by atoms with Gasteiger partial charge in [-0.3, -0.25) is 0 Å². The van der Waals surface area contributed by atoms with Crippen molar-refractivity contribution in [3.63, 3.8) is 0 Å². The van der Waals surface area contributed by atoms with E-state index in [4.69, 9.17) is 16.3 Å². The highest BCUT2D eigenvalue weighted by Gasteiger charge is 2.11. The lowest BCUT2D eigenvalue weighted by atomic mass is 9.99. The lowest BCUT2D eigenvalue weighted by molar-refractivity contribution is 0.0798. The monoisotopic (exact) mass is 258 g/mol. The Morgan fingerprint density at radius 2 is 2.12 bits per heavy atom. The van der Waals surface area contributed by atoms with Crippen LogP contribution in [0.3, 0.4) is 0 Å². The van der Waals surface area contributed by atoms with Crippen molar-refractivity contribution < 1.29 is 4.74 Å². The fraction of sp³-hybridized carbons (Fsp3) is 0.538. The average Bonchev–Trinajstić information content (AvgIpc) is 2.24. The van der Waals surface area contributed by atoms with E-state index in [0.717, 1.165) is 22.9 Å². The number of halogens is 1. The molecule has 0 saturated carbocycles. The highest BCUT2D eigenvalue weighted by molar-refractivity contribution is 7.80. The van der Waals surface area contributed by atoms with Crippen molar-refractivity contribution in [3.05, 3.63) is 34.9 Å². The molecule has 0 aromatic heterocycles. The van der Waals surface area contributed by atoms with Crippen LogP contribution < -0.4 is 0 Å². The van der Waals surface area contributed by atoms with Gasteiger partial charge >= 0.3 is 0 Å². The minimum absolute atomic E-state index is 0.516. The normalized spacial score (nSPS) is 13.1. The number of thiol groups is 1. The third kappa shape index (κ3) is 4.77. The molecule has 0 amide bonds. The Morgan fingerprint density at radius 1 is 1.38 bits per heavy atom. The van der Waals surface area contributed by atoms with Gasteiger partial charge in [-0.1, -0.05) is 37.6 Å². The molecule has 0 fully saturated rings. The number of rotatable bonds is 6. The summed E-state index contributed by atoms with van der Waals surface area (Å²) < 4.78 is 5.68. The molecule has 1 unspecified atom stereocenters. The second-order valence-corrected chi connectivity index (χ2v) is 5.13. The molecule has 90 valence electrons. The van der Waals surface area contributed by atoms with Crippen LogP contribution >= 0.6 is 24.2 Å². The summed E-state index contributed by atoms with van der Waals surface area (Å²) in [6, 6.07) is 7.78. The first kappa shape index (κ1) is 13.9. The molecule has 1 nitrogen and oxygen atoms in total. The maximum absolute atomic E-state index is 5.90. The van der Waals surface area contributed by atoms with Gasteiger partial charge in [0.15, 0.2) is 0 Å². The van der Waals surface area contributed by atoms with E-state index >= 15 is 0 Å². The van der Waals surface area contributed by atoms with Gasteiger partial charge in [0.25, 0.3) is 0 Å². The van der Waals surface area contributed by atoms with Crippen LogP contribution in [0.1, 0.15) is 19.4 Å². The molecule has 0 N–H and O–H groups in total. The zero-order valence-electron chi connectivity index (χ0n) is 9.82. The van der Waals surface area contributed by atoms with E-state index in [9.17, 15) is 0 Å². The SMILES string of the molecule is CC(C)C(CS)COCc1cccc(Cl)c1. The fourth-order valence-corrected chi connectivity index (χ4v) is 2.15. The van der Waals surface area contributed by atoms with Gasteiger partial charge in [-0.25, -0.2) is 0 Å². The van der Waals surface area contributed by atoms with Gasteiger partial charge in [-0.05, 0) is 35.3 Å². The first-order valence-corrected chi connectivity index (χ1v) is 6.57. The standard InChI is InChI=1S/C13H19ClOS/c1-10(2)12(9-16)8-15-7-11-4-3-5-13(14)6-11/h3-6,10,12,16H,7-9H2,1-2H3. The van der Waals surface area contributed by atoms with E-state index in [1.54, 1.807) is 0 Å². The van der Waals surface area contributed by atoms with E-state index in [0.29, 0.717) is 18.4 Å². The van der Waals surface area contributed by atoms with Crippen LogP contribution in [-0.4, -0.2) is 12.4 Å². The first-order chi connectivity index (χ1) is 7.63. The van der Waals surface area contributed by atoms with Crippen molar-refractivity contribution >= 4 is 24.2 Å². The van der Waals surface area contributed by atoms with Gasteiger partial charge < -0.3 is 4.74 Å². The van der Waals surface area contributed by atoms with Crippen molar-refractivity contribution in [2.45, 2.75) is 20.5 Å². The quantitative estimate of drug-likeness (QED) is 0.757. The van der Waals surface area contributed by atoms with Gasteiger partial charge in [0, 0.05) is 5.02 Å². The minimum Gasteiger partial charge on any atom is -0.376 e. The Bertz CT molecular complexity index is 315. The average molecular weight is 259 g/mol. The first-order valence-electron chi connectivity index (χ1n) is 5.56. The summed E-state index contributed by atoms with van der Waals surface area (Å²) in [7, 11) is 0. The third-order valence-electron chi connectivity index (χ3n) is 2.67. The molecule has 0 aliphatic heterocycles. The maximum Gasteiger partial charge on any atom is 0.0717 e. The van der Waals surface area contributed by atoms with Crippen LogP contribution in [0.25, 0.3) is 0 Å². The molecule has 1 aromatic carbocycles. The third-order valence-corrected chi connectivity index (χ3v) is 3.37. The molecular weight excluding hydrogens is 240 g/mol. The van der Waals surface area contributed by atoms with E-state index in [1.165, 1.54) is 0 Å². The Morgan fingerprint density at radius 3 is 2.69 bits per heavy atom. The van der Waals surface area contributed by atoms with Crippen LogP contribution in [0.15, 0.2) is 24.3 Å². The molecule has 1 aromatic rings. The summed E-state index contributed by atoms with van der Waals surface area (Å²) >= 11 is 10.2. The summed E-state index contributed by atoms with van der Waals surface area (Å²) in [4.78, 5) is 0. The second kappa shape index (κ2) is 7.21. The van der Waals surface area contributed by atoms with Gasteiger partial charge in [-0.15, -0.1) is 0 Å². The lowest BCUT2D eigenvalue weighted by Crippen LogP contribution is -2.17. The van der Waals surface area contributed by atoms with Crippen LogP contribution in [0, 0.1) is 11.8 Å². The highest BCUT2D eigenvalue weighted by atomic mass is 35.5. The Labute approximate surface area is 109 Å². The zero-order chi connectivity index (χ0) is 12.0. The van der Waals surface area contributed by atoms with Gasteiger partial charge in [0.2, 0.25) is 0 Å². The topological polar surface area (TPSA) is 9.23 Å². The lowest BCUT2D eigenvalue weighted by Gasteiger charge is -2.18. The van der Waals surface area contributed by atoms with Crippen LogP contribution in [-0.2, 0) is 11.3 Å². The molecule has 0 aliphatic rings. The minimum atomic E-state index is 0.516. The number of hydrogen-bond acceptors (Lipinski definition) is 2. The van der Waals surface area contributed by atoms with Crippen LogP contribution in [0.5, 0.6) is 0 Å². The predicted octanol–water partition coefficient (Wildman–Crippen LogP) is 4.06. The van der Waals surface area contributed by atoms with Crippen molar-refractivity contribution in [2.75, 3.05) is 12.4 Å². The van der Waals surface area contributed by atoms with Crippen LogP contribution in [0.2, 0.25) is 5.02 Å². The maximum atomic E-state index is 5.90. The van der Waals surface area contributed by atoms with Gasteiger partial charge in [0.05, 0.1) is 13.2 Å². The summed E-state index contributed by atoms with van der Waals surface area (Å²) in [6.45, 7) is 5.78. The van der Waals surface area contributed by atoms with Crippen LogP contribution in [0.4, 0.5) is 0 Å².